The van der Waals surface area contributed by atoms with Crippen molar-refractivity contribution in [2.75, 3.05) is 4.90 Å². The van der Waals surface area contributed by atoms with Crippen LogP contribution in [0.15, 0.2) is 60.7 Å². The van der Waals surface area contributed by atoms with Crippen molar-refractivity contribution in [3.63, 3.8) is 0 Å². The average Bonchev–Trinajstić information content (AvgIpc) is 3.39. The number of anilines is 1. The molecule has 2 aliphatic carbocycles. The predicted octanol–water partition coefficient (Wildman–Crippen LogP) is 6.99. The maximum absolute atomic E-state index is 15.0. The van der Waals surface area contributed by atoms with Gasteiger partial charge in [-0.3, -0.25) is 10.2 Å². The zero-order valence-corrected chi connectivity index (χ0v) is 25.7. The molecular weight excluding hydrogens is 532 g/mol. The number of carbonyl (C=O) groups excluding carboxylic acids is 1. The molecule has 1 heterocycles. The number of rotatable bonds is 6. The van der Waals surface area contributed by atoms with Gasteiger partial charge in [0, 0.05) is 30.3 Å². The van der Waals surface area contributed by atoms with Crippen molar-refractivity contribution in [2.24, 2.45) is 11.7 Å². The second kappa shape index (κ2) is 12.3. The van der Waals surface area contributed by atoms with Gasteiger partial charge in [-0.2, -0.15) is 0 Å². The summed E-state index contributed by atoms with van der Waals surface area (Å²) in [5.74, 6) is 0.385. The van der Waals surface area contributed by atoms with E-state index in [1.54, 1.807) is 0 Å². The van der Waals surface area contributed by atoms with E-state index in [4.69, 9.17) is 11.1 Å². The first-order chi connectivity index (χ1) is 20.8. The molecule has 3 aliphatic rings. The van der Waals surface area contributed by atoms with E-state index in [-0.39, 0.29) is 23.7 Å². The van der Waals surface area contributed by atoms with Crippen molar-refractivity contribution in [1.82, 2.24) is 5.32 Å². The minimum atomic E-state index is -0.737. The summed E-state index contributed by atoms with van der Waals surface area (Å²) in [7, 11) is 0. The summed E-state index contributed by atoms with van der Waals surface area (Å²) in [6, 6.07) is 21.1. The molecule has 6 rings (SSSR count). The zero-order valence-electron chi connectivity index (χ0n) is 25.7. The molecule has 0 radical (unpaired) electrons. The Bertz CT molecular complexity index is 1460. The first kappa shape index (κ1) is 29.7. The normalized spacial score (nSPS) is 26.7. The van der Waals surface area contributed by atoms with Crippen LogP contribution in [0.2, 0.25) is 0 Å². The summed E-state index contributed by atoms with van der Waals surface area (Å²) in [6.45, 7) is 2.52. The van der Waals surface area contributed by atoms with Crippen LogP contribution in [0.4, 0.5) is 5.69 Å². The fraction of sp³-hybridized carbons (Fsp3) is 0.514. The second-order valence-corrected chi connectivity index (χ2v) is 13.7. The van der Waals surface area contributed by atoms with Crippen LogP contribution < -0.4 is 16.0 Å². The Kier molecular flexibility index (Phi) is 8.50. The molecule has 43 heavy (non-hydrogen) atoms. The first-order valence-corrected chi connectivity index (χ1v) is 16.5. The fourth-order valence-corrected chi connectivity index (χ4v) is 8.12. The highest BCUT2D eigenvalue weighted by Gasteiger charge is 2.54. The van der Waals surface area contributed by atoms with Crippen molar-refractivity contribution in [3.05, 3.63) is 77.4 Å². The van der Waals surface area contributed by atoms with Gasteiger partial charge >= 0.3 is 0 Å². The van der Waals surface area contributed by atoms with Gasteiger partial charge in [-0.25, -0.2) is 0 Å². The van der Waals surface area contributed by atoms with Crippen LogP contribution in [0, 0.1) is 11.3 Å². The lowest BCUT2D eigenvalue weighted by Crippen LogP contribution is -2.63. The smallest absolute Gasteiger partial charge is 0.246 e. The van der Waals surface area contributed by atoms with Gasteiger partial charge in [0.2, 0.25) is 5.91 Å². The van der Waals surface area contributed by atoms with Gasteiger partial charge in [-0.05, 0) is 79.3 Å². The molecule has 1 unspecified atom stereocenters. The van der Waals surface area contributed by atoms with E-state index < -0.39 is 11.1 Å². The summed E-state index contributed by atoms with van der Waals surface area (Å²) >= 11 is 0. The van der Waals surface area contributed by atoms with Gasteiger partial charge in [-0.1, -0.05) is 93.1 Å². The number of nitrogens with one attached hydrogen (secondary N) is 2. The number of nitrogens with two attached hydrogens (primary N) is 1. The van der Waals surface area contributed by atoms with E-state index in [1.165, 1.54) is 42.0 Å². The molecule has 0 bridgehead atoms. The molecule has 2 fully saturated rings. The Morgan fingerprint density at radius 3 is 2.35 bits per heavy atom. The van der Waals surface area contributed by atoms with Gasteiger partial charge in [0.1, 0.15) is 11.4 Å². The van der Waals surface area contributed by atoms with Gasteiger partial charge < -0.3 is 21.1 Å². The Labute approximate surface area is 256 Å². The van der Waals surface area contributed by atoms with E-state index in [2.05, 4.69) is 58.7 Å². The van der Waals surface area contributed by atoms with Crippen LogP contribution in [0.3, 0.4) is 0 Å². The number of amidine groups is 1. The molecule has 0 aromatic heterocycles. The number of carbonyl (C=O) groups is 1. The third-order valence-corrected chi connectivity index (χ3v) is 10.7. The van der Waals surface area contributed by atoms with Crippen molar-refractivity contribution in [2.45, 2.75) is 114 Å². The quantitative estimate of drug-likeness (QED) is 0.186. The maximum atomic E-state index is 15.0. The molecule has 1 atom stereocenters. The van der Waals surface area contributed by atoms with Crippen molar-refractivity contribution >= 4 is 28.2 Å². The van der Waals surface area contributed by atoms with Crippen LogP contribution in [-0.4, -0.2) is 34.0 Å². The van der Waals surface area contributed by atoms with E-state index in [1.807, 2.05) is 19.1 Å². The highest BCUT2D eigenvalue weighted by Crippen LogP contribution is 2.48. The van der Waals surface area contributed by atoms with Gasteiger partial charge in [0.15, 0.2) is 0 Å². The lowest BCUT2D eigenvalue weighted by atomic mass is 9.73. The molecule has 1 aliphatic heterocycles. The summed E-state index contributed by atoms with van der Waals surface area (Å²) in [5, 5.41) is 24.8. The monoisotopic (exact) mass is 580 g/mol. The number of hydrogen-bond acceptors (Lipinski definition) is 4. The molecule has 3 aromatic rings. The largest absolute Gasteiger partial charge is 0.390 e. The molecule has 5 N–H and O–H groups in total. The Hall–Kier alpha value is -3.38. The number of fused-ring (bicyclic) bond motifs is 2. The van der Waals surface area contributed by atoms with E-state index >= 15 is 4.79 Å². The summed E-state index contributed by atoms with van der Waals surface area (Å²) in [5.41, 5.74) is 8.72. The molecule has 6 heteroatoms. The maximum Gasteiger partial charge on any atom is 0.246 e. The van der Waals surface area contributed by atoms with Crippen molar-refractivity contribution in [3.8, 4) is 0 Å². The Morgan fingerprint density at radius 1 is 0.953 bits per heavy atom. The van der Waals surface area contributed by atoms with Crippen LogP contribution >= 0.6 is 0 Å². The lowest BCUT2D eigenvalue weighted by molar-refractivity contribution is -0.130. The molecule has 0 saturated heterocycles. The number of nitrogen functional groups attached to an aromatic ring is 1. The molecule has 0 spiro atoms. The lowest BCUT2D eigenvalue weighted by Gasteiger charge is -2.46. The number of hydrogen-bond donors (Lipinski definition) is 4. The predicted molar refractivity (Wildman–Crippen MR) is 175 cm³/mol. The topological polar surface area (TPSA) is 102 Å². The fourth-order valence-electron chi connectivity index (χ4n) is 8.12. The average molecular weight is 581 g/mol. The number of aliphatic hydroxyl groups is 1. The number of benzene rings is 3. The molecule has 1 amide bonds. The van der Waals surface area contributed by atoms with Gasteiger partial charge in [-0.15, -0.1) is 0 Å². The number of amides is 1. The standard InChI is InChI=1S/C37H48N4O2/c1-36(43)21-19-31(20-22-36)40-35(42)37(30-14-6-4-2-3-5-7-15-30)24-28-18-17-27(34(38)39)23-33(28)41(37)25-29-13-10-12-26-11-8-9-16-32(26)29/h8-13,16-18,23,30-31,43H,2-7,14-15,19-22,24-25H2,1H3,(H3,38,39)(H,40,42). The first-order valence-electron chi connectivity index (χ1n) is 16.5. The van der Waals surface area contributed by atoms with Gasteiger partial charge in [0.25, 0.3) is 0 Å². The molecule has 6 nitrogen and oxygen atoms in total. The molecule has 3 aromatic carbocycles. The van der Waals surface area contributed by atoms with E-state index in [0.717, 1.165) is 49.8 Å². The van der Waals surface area contributed by atoms with Crippen LogP contribution in [-0.2, 0) is 17.8 Å². The molecule has 228 valence electrons. The van der Waals surface area contributed by atoms with Crippen LogP contribution in [0.1, 0.15) is 101 Å². The zero-order chi connectivity index (χ0) is 30.0. The summed E-state index contributed by atoms with van der Waals surface area (Å²) in [4.78, 5) is 17.5. The minimum absolute atomic E-state index is 0.0477. The summed E-state index contributed by atoms with van der Waals surface area (Å²) < 4.78 is 0. The molecular formula is C37H48N4O2. The Morgan fingerprint density at radius 2 is 1.63 bits per heavy atom. The van der Waals surface area contributed by atoms with E-state index in [9.17, 15) is 5.11 Å². The third-order valence-electron chi connectivity index (χ3n) is 10.7. The van der Waals surface area contributed by atoms with Crippen LogP contribution in [0.25, 0.3) is 10.8 Å². The van der Waals surface area contributed by atoms with E-state index in [0.29, 0.717) is 31.4 Å². The minimum Gasteiger partial charge on any atom is -0.390 e. The second-order valence-electron chi connectivity index (χ2n) is 13.7. The third kappa shape index (κ3) is 6.04. The highest BCUT2D eigenvalue weighted by molar-refractivity contribution is 5.98. The summed E-state index contributed by atoms with van der Waals surface area (Å²) in [6.07, 6.45) is 13.0. The van der Waals surface area contributed by atoms with Crippen molar-refractivity contribution in [1.29, 1.82) is 5.41 Å². The SMILES string of the molecule is CC1(O)CCC(NC(=O)C2(C3CCCCCCCC3)Cc3ccc(C(=N)N)cc3N2Cc2cccc3ccccc23)CC1. The molecule has 2 saturated carbocycles. The number of nitrogens with zero attached hydrogens (tertiary/aromatic N) is 1. The highest BCUT2D eigenvalue weighted by atomic mass is 16.3. The van der Waals surface area contributed by atoms with Crippen molar-refractivity contribution < 1.29 is 9.90 Å². The van der Waals surface area contributed by atoms with Gasteiger partial charge in [0.05, 0.1) is 5.60 Å². The Balaban J connectivity index is 1.46. The van der Waals surface area contributed by atoms with Crippen LogP contribution in [0.5, 0.6) is 0 Å².